The van der Waals surface area contributed by atoms with E-state index in [1.165, 1.54) is 31.4 Å². The number of anilines is 2. The van der Waals surface area contributed by atoms with Crippen LogP contribution in [0.2, 0.25) is 0 Å². The molecule has 0 bridgehead atoms. The molecule has 0 radical (unpaired) electrons. The molecule has 1 heterocycles. The Kier molecular flexibility index (Phi) is 7.21. The summed E-state index contributed by atoms with van der Waals surface area (Å²) in [5, 5.41) is 15.0. The Morgan fingerprint density at radius 2 is 1.74 bits per heavy atom. The first kappa shape index (κ1) is 24.3. The van der Waals surface area contributed by atoms with Gasteiger partial charge < -0.3 is 24.9 Å². The van der Waals surface area contributed by atoms with Crippen molar-refractivity contribution in [2.24, 2.45) is 0 Å². The van der Waals surface area contributed by atoms with Crippen molar-refractivity contribution in [1.29, 1.82) is 0 Å². The maximum Gasteiger partial charge on any atom is 0.335 e. The number of benzene rings is 2. The zero-order valence-corrected chi connectivity index (χ0v) is 18.9. The molecule has 0 unspecified atom stereocenters. The van der Waals surface area contributed by atoms with Crippen molar-refractivity contribution < 1.29 is 37.1 Å². The number of furan rings is 1. The van der Waals surface area contributed by atoms with Crippen LogP contribution in [0.1, 0.15) is 30.0 Å². The number of carbonyl (C=O) groups is 3. The second kappa shape index (κ2) is 10.1. The van der Waals surface area contributed by atoms with Gasteiger partial charge in [-0.3, -0.25) is 9.59 Å². The summed E-state index contributed by atoms with van der Waals surface area (Å²) in [5.41, 5.74) is 0.175. The van der Waals surface area contributed by atoms with Gasteiger partial charge in [-0.2, -0.15) is 0 Å². The van der Waals surface area contributed by atoms with E-state index >= 15 is 0 Å². The maximum absolute atomic E-state index is 12.9. The highest BCUT2D eigenvalue weighted by Gasteiger charge is 2.27. The molecule has 34 heavy (non-hydrogen) atoms. The molecule has 2 aromatic carbocycles. The third-order valence-electron chi connectivity index (χ3n) is 4.30. The lowest BCUT2D eigenvalue weighted by Crippen LogP contribution is -2.29. The van der Waals surface area contributed by atoms with Gasteiger partial charge in [-0.15, -0.1) is 0 Å². The number of nitrogens with one attached hydrogen (secondary N) is 3. The first-order chi connectivity index (χ1) is 16.0. The highest BCUT2D eigenvalue weighted by Crippen LogP contribution is 2.38. The van der Waals surface area contributed by atoms with Crippen LogP contribution in [0.3, 0.4) is 0 Å². The molecule has 4 N–H and O–H groups in total. The van der Waals surface area contributed by atoms with Crippen molar-refractivity contribution in [3.05, 3.63) is 66.1 Å². The summed E-state index contributed by atoms with van der Waals surface area (Å²) >= 11 is 0. The van der Waals surface area contributed by atoms with Gasteiger partial charge in [0.15, 0.2) is 5.75 Å². The van der Waals surface area contributed by atoms with Gasteiger partial charge in [0.1, 0.15) is 16.4 Å². The topological polar surface area (TPSA) is 164 Å². The van der Waals surface area contributed by atoms with E-state index in [1.54, 1.807) is 24.3 Å². The first-order valence-corrected chi connectivity index (χ1v) is 11.3. The molecule has 0 spiro atoms. The average molecular weight is 487 g/mol. The summed E-state index contributed by atoms with van der Waals surface area (Å²) in [4.78, 5) is 33.8. The molecule has 3 aromatic rings. The summed E-state index contributed by atoms with van der Waals surface area (Å²) in [6.45, 7) is 2.45. The molecule has 0 atom stereocenters. The molecule has 1 aromatic heterocycles. The highest BCUT2D eigenvalue weighted by molar-refractivity contribution is 7.90. The highest BCUT2D eigenvalue weighted by atomic mass is 32.2. The minimum absolute atomic E-state index is 0.0335. The normalized spacial score (nSPS) is 10.9. The van der Waals surface area contributed by atoms with Gasteiger partial charge in [0.05, 0.1) is 24.1 Å². The average Bonchev–Trinajstić information content (AvgIpc) is 3.26. The fourth-order valence-electron chi connectivity index (χ4n) is 2.93. The first-order valence-electron chi connectivity index (χ1n) is 9.81. The largest absolute Gasteiger partial charge is 0.478 e. The van der Waals surface area contributed by atoms with Crippen molar-refractivity contribution in [3.63, 3.8) is 0 Å². The number of sulfonamides is 1. The molecule has 12 heteroatoms. The zero-order valence-electron chi connectivity index (χ0n) is 18.1. The Bertz CT molecular complexity index is 1320. The number of hydrogen-bond acceptors (Lipinski definition) is 8. The quantitative estimate of drug-likeness (QED) is 0.355. The fraction of sp³-hybridized carbons (Fsp3) is 0.136. The lowest BCUT2D eigenvalue weighted by atomic mass is 10.1. The number of ether oxygens (including phenoxy) is 1. The molecular weight excluding hydrogens is 466 g/mol. The van der Waals surface area contributed by atoms with Gasteiger partial charge >= 0.3 is 5.97 Å². The van der Waals surface area contributed by atoms with Crippen LogP contribution in [0, 0.1) is 0 Å². The summed E-state index contributed by atoms with van der Waals surface area (Å²) in [6.07, 6.45) is 1.45. The summed E-state index contributed by atoms with van der Waals surface area (Å²) in [5.74, 6) is -2.07. The van der Waals surface area contributed by atoms with E-state index < -0.39 is 26.8 Å². The van der Waals surface area contributed by atoms with Crippen LogP contribution < -0.4 is 20.1 Å². The monoisotopic (exact) mass is 487 g/mol. The van der Waals surface area contributed by atoms with Crippen molar-refractivity contribution in [1.82, 2.24) is 4.72 Å². The van der Waals surface area contributed by atoms with Crippen molar-refractivity contribution >= 4 is 39.2 Å². The SMILES string of the molecule is CC(=O)Nc1ccc(Oc2c(NCc3ccco3)cc(C(=O)O)cc2S(=O)(=O)NC(C)=O)cc1. The van der Waals surface area contributed by atoms with Crippen LogP contribution in [-0.4, -0.2) is 31.3 Å². The Labute approximate surface area is 194 Å². The standard InChI is InChI=1S/C22H21N3O8S/c1-13(26)24-16-5-7-17(8-6-16)33-21-19(23-12-18-4-3-9-32-18)10-15(22(28)29)11-20(21)34(30,31)25-14(2)27/h3-11,23H,12H2,1-2H3,(H,24,26)(H,25,27)(H,28,29). The Hall–Kier alpha value is -4.32. The van der Waals surface area contributed by atoms with Crippen LogP contribution in [0.5, 0.6) is 11.5 Å². The minimum atomic E-state index is -4.49. The molecule has 0 saturated heterocycles. The second-order valence-electron chi connectivity index (χ2n) is 7.06. The van der Waals surface area contributed by atoms with E-state index in [0.717, 1.165) is 13.0 Å². The molecule has 0 aliphatic heterocycles. The van der Waals surface area contributed by atoms with E-state index in [4.69, 9.17) is 9.15 Å². The number of hydrogen-bond donors (Lipinski definition) is 4. The molecule has 0 saturated carbocycles. The van der Waals surface area contributed by atoms with Crippen molar-refractivity contribution in [2.75, 3.05) is 10.6 Å². The molecule has 0 aliphatic rings. The summed E-state index contributed by atoms with van der Waals surface area (Å²) in [7, 11) is -4.49. The second-order valence-corrected chi connectivity index (χ2v) is 8.71. The van der Waals surface area contributed by atoms with Gasteiger partial charge in [-0.1, -0.05) is 0 Å². The smallest absolute Gasteiger partial charge is 0.335 e. The predicted octanol–water partition coefficient (Wildman–Crippen LogP) is 3.17. The third-order valence-corrected chi connectivity index (χ3v) is 5.74. The molecule has 3 rings (SSSR count). The fourth-order valence-corrected chi connectivity index (χ4v) is 4.10. The van der Waals surface area contributed by atoms with E-state index in [2.05, 4.69) is 10.6 Å². The summed E-state index contributed by atoms with van der Waals surface area (Å²) in [6, 6.07) is 11.5. The van der Waals surface area contributed by atoms with Gasteiger partial charge in [0.25, 0.3) is 10.0 Å². The van der Waals surface area contributed by atoms with Gasteiger partial charge in [-0.25, -0.2) is 17.9 Å². The number of amides is 2. The Morgan fingerprint density at radius 3 is 2.29 bits per heavy atom. The Morgan fingerprint density at radius 1 is 1.03 bits per heavy atom. The molecular formula is C22H21N3O8S. The van der Waals surface area contributed by atoms with Crippen LogP contribution in [0.15, 0.2) is 64.1 Å². The van der Waals surface area contributed by atoms with Crippen molar-refractivity contribution in [2.45, 2.75) is 25.3 Å². The van der Waals surface area contributed by atoms with Crippen LogP contribution >= 0.6 is 0 Å². The molecule has 11 nitrogen and oxygen atoms in total. The lowest BCUT2D eigenvalue weighted by molar-refractivity contribution is -0.117. The van der Waals surface area contributed by atoms with E-state index in [1.807, 2.05) is 4.72 Å². The van der Waals surface area contributed by atoms with E-state index in [0.29, 0.717) is 11.4 Å². The van der Waals surface area contributed by atoms with Gasteiger partial charge in [-0.05, 0) is 48.5 Å². The van der Waals surface area contributed by atoms with E-state index in [-0.39, 0.29) is 35.2 Å². The van der Waals surface area contributed by atoms with E-state index in [9.17, 15) is 27.9 Å². The number of carboxylic acids is 1. The van der Waals surface area contributed by atoms with Crippen molar-refractivity contribution in [3.8, 4) is 11.5 Å². The maximum atomic E-state index is 12.9. The number of carboxylic acid groups (broad SMARTS) is 1. The van der Waals surface area contributed by atoms with Crippen LogP contribution in [0.25, 0.3) is 0 Å². The molecule has 178 valence electrons. The number of aromatic carboxylic acids is 1. The predicted molar refractivity (Wildman–Crippen MR) is 121 cm³/mol. The number of rotatable bonds is 9. The summed E-state index contributed by atoms with van der Waals surface area (Å²) < 4.78 is 38.7. The van der Waals surface area contributed by atoms with Crippen LogP contribution in [-0.2, 0) is 26.2 Å². The molecule has 2 amide bonds. The molecule has 0 fully saturated rings. The third kappa shape index (κ3) is 6.13. The lowest BCUT2D eigenvalue weighted by Gasteiger charge is -2.18. The zero-order chi connectivity index (χ0) is 24.9. The van der Waals surface area contributed by atoms with Gasteiger partial charge in [0, 0.05) is 19.5 Å². The molecule has 0 aliphatic carbocycles. The minimum Gasteiger partial charge on any atom is -0.478 e. The van der Waals surface area contributed by atoms with Crippen LogP contribution in [0.4, 0.5) is 11.4 Å². The van der Waals surface area contributed by atoms with Gasteiger partial charge in [0.2, 0.25) is 11.8 Å². The Balaban J connectivity index is 2.10. The number of carbonyl (C=O) groups excluding carboxylic acids is 2.